The van der Waals surface area contributed by atoms with Gasteiger partial charge >= 0.3 is 0 Å². The van der Waals surface area contributed by atoms with Gasteiger partial charge in [-0.3, -0.25) is 13.9 Å². The lowest BCUT2D eigenvalue weighted by Gasteiger charge is -2.32. The van der Waals surface area contributed by atoms with Crippen LogP contribution in [0.2, 0.25) is 0 Å². The average molecular weight is 645 g/mol. The van der Waals surface area contributed by atoms with Crippen LogP contribution >= 0.6 is 15.9 Å². The number of nitrogens with one attached hydrogen (secondary N) is 1. The third-order valence-corrected chi connectivity index (χ3v) is 8.85. The Morgan fingerprint density at radius 1 is 0.951 bits per heavy atom. The molecule has 0 aliphatic carbocycles. The Labute approximate surface area is 251 Å². The van der Waals surface area contributed by atoms with Gasteiger partial charge in [0.05, 0.1) is 17.7 Å². The molecular weight excluding hydrogens is 606 g/mol. The fraction of sp³-hybridized carbons (Fsp3) is 0.355. The topological polar surface area (TPSA) is 96.0 Å². The van der Waals surface area contributed by atoms with Crippen LogP contribution in [0.15, 0.2) is 76.1 Å². The van der Waals surface area contributed by atoms with Crippen LogP contribution in [0, 0.1) is 19.8 Å². The second kappa shape index (κ2) is 14.0. The predicted molar refractivity (Wildman–Crippen MR) is 165 cm³/mol. The first-order chi connectivity index (χ1) is 19.3. The van der Waals surface area contributed by atoms with Crippen molar-refractivity contribution in [3.05, 3.63) is 87.9 Å². The Morgan fingerprint density at radius 3 is 2.22 bits per heavy atom. The number of aryl methyl sites for hydroxylation is 2. The third kappa shape index (κ3) is 8.33. The summed E-state index contributed by atoms with van der Waals surface area (Å²) in [4.78, 5) is 28.7. The van der Waals surface area contributed by atoms with Gasteiger partial charge in [0.1, 0.15) is 18.3 Å². The fourth-order valence-electron chi connectivity index (χ4n) is 4.21. The monoisotopic (exact) mass is 643 g/mol. The molecule has 0 radical (unpaired) electrons. The highest BCUT2D eigenvalue weighted by Gasteiger charge is 2.34. The number of nitrogens with zero attached hydrogens (tertiary/aromatic N) is 2. The molecule has 0 unspecified atom stereocenters. The van der Waals surface area contributed by atoms with E-state index in [9.17, 15) is 18.0 Å². The van der Waals surface area contributed by atoms with Gasteiger partial charge in [-0.05, 0) is 74.2 Å². The molecule has 0 heterocycles. The number of hydrogen-bond donors (Lipinski definition) is 1. The number of hydrogen-bond acceptors (Lipinski definition) is 5. The van der Waals surface area contributed by atoms with Gasteiger partial charge < -0.3 is 15.0 Å². The number of halogens is 1. The molecule has 220 valence electrons. The lowest BCUT2D eigenvalue weighted by atomic mass is 10.1. The molecule has 10 heteroatoms. The fourth-order valence-corrected chi connectivity index (χ4v) is 6.08. The highest BCUT2D eigenvalue weighted by molar-refractivity contribution is 9.10. The van der Waals surface area contributed by atoms with Gasteiger partial charge in [-0.25, -0.2) is 8.42 Å². The minimum Gasteiger partial charge on any atom is -0.495 e. The van der Waals surface area contributed by atoms with E-state index in [1.807, 2.05) is 58.0 Å². The van der Waals surface area contributed by atoms with Crippen molar-refractivity contribution in [2.75, 3.05) is 24.5 Å². The van der Waals surface area contributed by atoms with Gasteiger partial charge in [0.25, 0.3) is 10.0 Å². The summed E-state index contributed by atoms with van der Waals surface area (Å²) in [5.41, 5.74) is 2.73. The summed E-state index contributed by atoms with van der Waals surface area (Å²) in [7, 11) is -2.75. The summed E-state index contributed by atoms with van der Waals surface area (Å²) in [6.45, 7) is 9.35. The maximum atomic E-state index is 14.1. The highest BCUT2D eigenvalue weighted by Crippen LogP contribution is 2.34. The van der Waals surface area contributed by atoms with E-state index >= 15 is 0 Å². The van der Waals surface area contributed by atoms with Crippen molar-refractivity contribution in [2.24, 2.45) is 5.92 Å². The Kier molecular flexibility index (Phi) is 11.0. The zero-order chi connectivity index (χ0) is 30.3. The van der Waals surface area contributed by atoms with Crippen molar-refractivity contribution in [2.45, 2.75) is 52.1 Å². The van der Waals surface area contributed by atoms with Gasteiger partial charge in [-0.2, -0.15) is 0 Å². The molecule has 0 aliphatic rings. The van der Waals surface area contributed by atoms with E-state index in [1.165, 1.54) is 24.1 Å². The Bertz CT molecular complexity index is 1480. The number of sulfonamides is 1. The van der Waals surface area contributed by atoms with Crippen molar-refractivity contribution in [1.29, 1.82) is 0 Å². The van der Waals surface area contributed by atoms with Crippen LogP contribution in [-0.4, -0.2) is 51.4 Å². The van der Waals surface area contributed by atoms with Crippen molar-refractivity contribution < 1.29 is 22.7 Å². The first-order valence-electron chi connectivity index (χ1n) is 13.4. The van der Waals surface area contributed by atoms with Crippen molar-refractivity contribution in [1.82, 2.24) is 10.2 Å². The molecule has 8 nitrogen and oxygen atoms in total. The Morgan fingerprint density at radius 2 is 1.61 bits per heavy atom. The van der Waals surface area contributed by atoms with E-state index in [-0.39, 0.29) is 29.0 Å². The predicted octanol–water partition coefficient (Wildman–Crippen LogP) is 5.46. The number of rotatable bonds is 12. The number of methoxy groups -OCH3 is 1. The van der Waals surface area contributed by atoms with E-state index in [2.05, 4.69) is 21.2 Å². The molecule has 0 saturated heterocycles. The van der Waals surface area contributed by atoms with Crippen LogP contribution in [0.1, 0.15) is 37.5 Å². The minimum atomic E-state index is -4.20. The van der Waals surface area contributed by atoms with Crippen LogP contribution in [0.5, 0.6) is 5.75 Å². The second-order valence-corrected chi connectivity index (χ2v) is 13.2. The molecule has 3 aromatic rings. The number of benzene rings is 3. The largest absolute Gasteiger partial charge is 0.495 e. The van der Waals surface area contributed by atoms with Crippen LogP contribution < -0.4 is 14.4 Å². The molecule has 0 aromatic heterocycles. The van der Waals surface area contributed by atoms with E-state index < -0.39 is 28.5 Å². The molecular formula is C31H38BrN3O5S. The third-order valence-electron chi connectivity index (χ3n) is 6.58. The molecule has 3 rings (SSSR count). The summed E-state index contributed by atoms with van der Waals surface area (Å²) in [5, 5.41) is 2.89. The summed E-state index contributed by atoms with van der Waals surface area (Å²) >= 11 is 3.46. The lowest BCUT2D eigenvalue weighted by molar-refractivity contribution is -0.139. The number of anilines is 1. The Hall–Kier alpha value is -3.37. The van der Waals surface area contributed by atoms with Gasteiger partial charge in [0, 0.05) is 17.6 Å². The molecule has 0 spiro atoms. The maximum absolute atomic E-state index is 14.1. The number of ether oxygens (including phenoxy) is 1. The second-order valence-electron chi connectivity index (χ2n) is 10.5. The zero-order valence-electron chi connectivity index (χ0n) is 24.3. The van der Waals surface area contributed by atoms with Crippen molar-refractivity contribution in [3.8, 4) is 5.75 Å². The first-order valence-corrected chi connectivity index (χ1v) is 15.6. The quantitative estimate of drug-likeness (QED) is 0.283. The molecule has 2 amide bonds. The van der Waals surface area contributed by atoms with Crippen LogP contribution in [0.25, 0.3) is 0 Å². The molecule has 0 saturated carbocycles. The SMILES string of the molecule is COc1ccc(C)cc1N(CC(=O)N(Cc1cccc(Br)c1)[C@@H](C)C(=O)NCC(C)C)S(=O)(=O)c1ccc(C)cc1. The first kappa shape index (κ1) is 32.1. The summed E-state index contributed by atoms with van der Waals surface area (Å²) < 4.78 is 35.6. The average Bonchev–Trinajstić information content (AvgIpc) is 2.93. The van der Waals surface area contributed by atoms with E-state index in [0.717, 1.165) is 25.5 Å². The molecule has 1 atom stereocenters. The van der Waals surface area contributed by atoms with Gasteiger partial charge in [0.2, 0.25) is 11.8 Å². The number of carbonyl (C=O) groups excluding carboxylic acids is 2. The summed E-state index contributed by atoms with van der Waals surface area (Å²) in [6.07, 6.45) is 0. The maximum Gasteiger partial charge on any atom is 0.264 e. The summed E-state index contributed by atoms with van der Waals surface area (Å²) in [6, 6.07) is 18.2. The van der Waals surface area contributed by atoms with Crippen LogP contribution in [-0.2, 0) is 26.2 Å². The van der Waals surface area contributed by atoms with Crippen molar-refractivity contribution in [3.63, 3.8) is 0 Å². The molecule has 0 bridgehead atoms. The van der Waals surface area contributed by atoms with Gasteiger partial charge in [-0.15, -0.1) is 0 Å². The smallest absolute Gasteiger partial charge is 0.264 e. The Balaban J connectivity index is 2.08. The molecule has 0 fully saturated rings. The van der Waals surface area contributed by atoms with E-state index in [1.54, 1.807) is 31.2 Å². The van der Waals surface area contributed by atoms with E-state index in [0.29, 0.717) is 12.3 Å². The zero-order valence-corrected chi connectivity index (χ0v) is 26.8. The minimum absolute atomic E-state index is 0.0423. The number of amides is 2. The number of carbonyl (C=O) groups is 2. The molecule has 1 N–H and O–H groups in total. The molecule has 3 aromatic carbocycles. The van der Waals surface area contributed by atoms with Crippen LogP contribution in [0.4, 0.5) is 5.69 Å². The van der Waals surface area contributed by atoms with Gasteiger partial charge in [-0.1, -0.05) is 65.7 Å². The standard InChI is InChI=1S/C31H38BrN3O5S/c1-21(2)18-33-31(37)24(5)34(19-25-8-7-9-26(32)17-25)30(36)20-35(28-16-23(4)12-15-29(28)40-6)41(38,39)27-13-10-22(3)11-14-27/h7-17,21,24H,18-20H2,1-6H3,(H,33,37)/t24-/m0/s1. The highest BCUT2D eigenvalue weighted by atomic mass is 79.9. The molecule has 41 heavy (non-hydrogen) atoms. The van der Waals surface area contributed by atoms with Gasteiger partial charge in [0.15, 0.2) is 0 Å². The summed E-state index contributed by atoms with van der Waals surface area (Å²) in [5.74, 6) is -0.316. The van der Waals surface area contributed by atoms with E-state index in [4.69, 9.17) is 4.74 Å². The lowest BCUT2D eigenvalue weighted by Crippen LogP contribution is -2.51. The van der Waals surface area contributed by atoms with Crippen molar-refractivity contribution >= 4 is 43.5 Å². The van der Waals surface area contributed by atoms with Crippen LogP contribution in [0.3, 0.4) is 0 Å². The molecule has 0 aliphatic heterocycles. The normalized spacial score (nSPS) is 12.1.